The van der Waals surface area contributed by atoms with E-state index < -0.39 is 0 Å². The lowest BCUT2D eigenvalue weighted by molar-refractivity contribution is 0.979. The Morgan fingerprint density at radius 2 is 0.429 bits per heavy atom. The van der Waals surface area contributed by atoms with Gasteiger partial charge in [0.1, 0.15) is 11.3 Å². The zero-order valence-corrected chi connectivity index (χ0v) is 52.9. The first-order valence-electron chi connectivity index (χ1n) is 33.5. The molecule has 98 heavy (non-hydrogen) atoms. The second-order valence-electron chi connectivity index (χ2n) is 25.5. The van der Waals surface area contributed by atoms with Crippen molar-refractivity contribution in [2.75, 3.05) is 0 Å². The van der Waals surface area contributed by atoms with Crippen LogP contribution in [0.3, 0.4) is 0 Å². The maximum absolute atomic E-state index is 6.16. The summed E-state index contributed by atoms with van der Waals surface area (Å²) < 4.78 is 15.5. The van der Waals surface area contributed by atoms with Crippen molar-refractivity contribution in [3.8, 4) is 68.0 Å². The van der Waals surface area contributed by atoms with E-state index in [-0.39, 0.29) is 0 Å². The molecule has 0 fully saturated rings. The molecular formula is C90H56N8. The molecule has 0 spiro atoms. The highest BCUT2D eigenvalue weighted by atomic mass is 15.2. The largest absolute Gasteiger partial charge is 0.306 e. The summed E-state index contributed by atoms with van der Waals surface area (Å²) in [5.41, 5.74) is 21.4. The number of aromatic nitrogens is 8. The van der Waals surface area contributed by atoms with E-state index in [9.17, 15) is 0 Å². The minimum absolute atomic E-state index is 0.551. The third-order valence-electron chi connectivity index (χ3n) is 20.4. The van der Waals surface area contributed by atoms with Crippen LogP contribution < -0.4 is 0 Å². The van der Waals surface area contributed by atoms with Crippen molar-refractivity contribution in [2.45, 2.75) is 0 Å². The molecule has 14 aromatic carbocycles. The molecule has 0 saturated heterocycles. The maximum atomic E-state index is 6.16. The van der Waals surface area contributed by atoms with Crippen molar-refractivity contribution in [1.82, 2.24) is 37.4 Å². The van der Waals surface area contributed by atoms with Crippen LogP contribution in [-0.2, 0) is 0 Å². The summed E-state index contributed by atoms with van der Waals surface area (Å²) in [5, 5.41) is 12.4. The molecule has 0 unspecified atom stereocenters. The van der Waals surface area contributed by atoms with Gasteiger partial charge in [0.25, 0.3) is 0 Å². The third kappa shape index (κ3) is 7.65. The van der Waals surface area contributed by atoms with Crippen LogP contribution in [0.25, 0.3) is 188 Å². The van der Waals surface area contributed by atoms with Gasteiger partial charge in [-0.3, -0.25) is 9.13 Å². The molecule has 7 heterocycles. The van der Waals surface area contributed by atoms with Gasteiger partial charge < -0.3 is 18.3 Å². The van der Waals surface area contributed by atoms with E-state index in [2.05, 4.69) is 367 Å². The van der Waals surface area contributed by atoms with Crippen LogP contribution in [0.15, 0.2) is 340 Å². The summed E-state index contributed by atoms with van der Waals surface area (Å²) in [7, 11) is 0. The zero-order chi connectivity index (χ0) is 64.1. The summed E-state index contributed by atoms with van der Waals surface area (Å²) in [6, 6.07) is 124. The van der Waals surface area contributed by atoms with Gasteiger partial charge in [-0.05, 0) is 78.9 Å². The molecule has 0 aliphatic rings. The van der Waals surface area contributed by atoms with E-state index in [1.165, 1.54) is 0 Å². The van der Waals surface area contributed by atoms with E-state index in [1.807, 2.05) is 0 Å². The number of hydrogen-bond acceptors (Lipinski definition) is 2. The molecule has 0 saturated carbocycles. The van der Waals surface area contributed by atoms with Crippen LogP contribution in [0.4, 0.5) is 0 Å². The molecule has 8 heteroatoms. The minimum atomic E-state index is 0.551. The van der Waals surface area contributed by atoms with Gasteiger partial charge in [0.2, 0.25) is 0 Å². The minimum Gasteiger partial charge on any atom is -0.306 e. The second-order valence-corrected chi connectivity index (χ2v) is 25.5. The molecule has 0 radical (unpaired) electrons. The lowest BCUT2D eigenvalue weighted by atomic mass is 9.98. The summed E-state index contributed by atoms with van der Waals surface area (Å²) in [5.74, 6) is 0.551. The van der Waals surface area contributed by atoms with Crippen LogP contribution in [0.5, 0.6) is 0 Å². The first kappa shape index (κ1) is 54.1. The normalized spacial score (nSPS) is 12.1. The Labute approximate surface area is 561 Å². The van der Waals surface area contributed by atoms with E-state index in [4.69, 9.17) is 9.97 Å². The summed E-state index contributed by atoms with van der Waals surface area (Å²) >= 11 is 0. The molecule has 0 amide bonds. The van der Waals surface area contributed by atoms with Crippen molar-refractivity contribution < 1.29 is 0 Å². The zero-order valence-electron chi connectivity index (χ0n) is 52.9. The van der Waals surface area contributed by atoms with Crippen LogP contribution in [-0.4, -0.2) is 37.4 Å². The fraction of sp³-hybridized carbons (Fsp3) is 0. The van der Waals surface area contributed by atoms with Gasteiger partial charge in [-0.25, -0.2) is 9.97 Å². The van der Waals surface area contributed by atoms with Crippen molar-refractivity contribution in [3.63, 3.8) is 0 Å². The van der Waals surface area contributed by atoms with Crippen molar-refractivity contribution in [2.24, 2.45) is 0 Å². The average Bonchev–Trinajstić information content (AvgIpc) is 1.47. The van der Waals surface area contributed by atoms with Crippen LogP contribution in [0.2, 0.25) is 0 Å². The smallest absolute Gasteiger partial charge is 0.164 e. The monoisotopic (exact) mass is 1250 g/mol. The maximum Gasteiger partial charge on any atom is 0.164 e. The molecule has 456 valence electrons. The molecule has 0 bridgehead atoms. The van der Waals surface area contributed by atoms with Crippen LogP contribution in [0, 0.1) is 0 Å². The Morgan fingerprint density at radius 3 is 0.745 bits per heavy atom. The number of fused-ring (bicyclic) bond motifs is 17. The molecule has 21 aromatic rings. The Bertz CT molecular complexity index is 6330. The molecule has 7 aromatic heterocycles. The predicted octanol–water partition coefficient (Wildman–Crippen LogP) is 22.9. The number of hydrogen-bond donors (Lipinski definition) is 0. The Kier molecular flexibility index (Phi) is 11.7. The van der Waals surface area contributed by atoms with Crippen LogP contribution >= 0.6 is 0 Å². The predicted molar refractivity (Wildman–Crippen MR) is 407 cm³/mol. The molecule has 0 aliphatic heterocycles. The fourth-order valence-electron chi connectivity index (χ4n) is 16.5. The topological polar surface area (TPSA) is 55.4 Å². The van der Waals surface area contributed by atoms with Crippen molar-refractivity contribution >= 4 is 120 Å². The Balaban J connectivity index is 1.17. The standard InChI is InChI=1S/C90H56N8/c1-4-30-57(31-5-1)70-56-71(58-32-6-2-7-33-58)92-89(91-70)83-84(94-72-46-20-10-36-60(72)61-37-11-21-47-73(61)94)86(96-76-50-24-14-40-64(76)65-41-15-25-51-77(65)96)88(98-81-55-29-19-45-69(81)82-68-44-18-28-54-80(68)93(90(82)98)59-34-8-3-9-35-59)87(97-78-52-26-16-42-66(78)67-43-17-27-53-79(67)97)85(83)95-74-48-22-12-38-62(74)63-39-13-23-49-75(63)95/h1-56H. The van der Waals surface area contributed by atoms with Gasteiger partial charge in [-0.15, -0.1) is 0 Å². The van der Waals surface area contributed by atoms with Crippen LogP contribution in [0.1, 0.15) is 0 Å². The summed E-state index contributed by atoms with van der Waals surface area (Å²) in [4.78, 5) is 12.3. The number of rotatable bonds is 9. The summed E-state index contributed by atoms with van der Waals surface area (Å²) in [6.07, 6.45) is 0. The molecule has 0 atom stereocenters. The average molecular weight is 1250 g/mol. The Morgan fingerprint density at radius 1 is 0.194 bits per heavy atom. The number of nitrogens with zero attached hydrogens (tertiary/aromatic N) is 8. The fourth-order valence-corrected chi connectivity index (χ4v) is 16.5. The third-order valence-corrected chi connectivity index (χ3v) is 20.4. The molecule has 0 N–H and O–H groups in total. The van der Waals surface area contributed by atoms with E-state index in [0.717, 1.165) is 182 Å². The first-order chi connectivity index (χ1) is 48.7. The van der Waals surface area contributed by atoms with Gasteiger partial charge >= 0.3 is 0 Å². The first-order valence-corrected chi connectivity index (χ1v) is 33.5. The highest BCUT2D eigenvalue weighted by Gasteiger charge is 2.39. The Hall–Kier alpha value is -13.3. The molecule has 21 rings (SSSR count). The summed E-state index contributed by atoms with van der Waals surface area (Å²) in [6.45, 7) is 0. The SMILES string of the molecule is c1ccc(-c2cc(-c3ccccc3)nc(-c3c(-n4c5ccccc5c5ccccc54)c(-n4c5ccccc5c5ccccc54)c(-n4c5ccccc5c5c6ccccc6n(-c6ccccc6)c54)c(-n4c5ccccc5c5ccccc54)c3-n3c4ccccc4c4ccccc43)n2)cc1. The van der Waals surface area contributed by atoms with E-state index >= 15 is 0 Å². The quantitative estimate of drug-likeness (QED) is 0.145. The highest BCUT2D eigenvalue weighted by molar-refractivity contribution is 6.24. The second kappa shape index (κ2) is 21.1. The lowest BCUT2D eigenvalue weighted by Gasteiger charge is -2.31. The molecule has 0 aliphatic carbocycles. The highest BCUT2D eigenvalue weighted by Crippen LogP contribution is 2.55. The van der Waals surface area contributed by atoms with E-state index in [1.54, 1.807) is 0 Å². The van der Waals surface area contributed by atoms with Gasteiger partial charge in [0.05, 0.1) is 94.9 Å². The van der Waals surface area contributed by atoms with Crippen molar-refractivity contribution in [3.05, 3.63) is 340 Å². The van der Waals surface area contributed by atoms with Gasteiger partial charge in [0, 0.05) is 76.1 Å². The lowest BCUT2D eigenvalue weighted by Crippen LogP contribution is -2.19. The van der Waals surface area contributed by atoms with Gasteiger partial charge in [0.15, 0.2) is 5.82 Å². The van der Waals surface area contributed by atoms with Gasteiger partial charge in [-0.1, -0.05) is 261 Å². The van der Waals surface area contributed by atoms with E-state index in [0.29, 0.717) is 5.82 Å². The number of para-hydroxylation sites is 11. The van der Waals surface area contributed by atoms with Crippen molar-refractivity contribution in [1.29, 1.82) is 0 Å². The molecular weight excluding hydrogens is 1190 g/mol. The molecule has 8 nitrogen and oxygen atoms in total. The van der Waals surface area contributed by atoms with Gasteiger partial charge in [-0.2, -0.15) is 0 Å². The number of benzene rings is 14.